The first-order chi connectivity index (χ1) is 14.3. The monoisotopic (exact) mass is 447 g/mol. The largest absolute Gasteiger partial charge is 0.387 e. The van der Waals surface area contributed by atoms with Gasteiger partial charge in [0.25, 0.3) is 10.1 Å². The number of carbonyl (C=O) groups excluding carboxylic acids is 1. The average Bonchev–Trinajstić information content (AvgIpc) is 2.67. The third-order valence-corrected chi connectivity index (χ3v) is 5.99. The highest BCUT2D eigenvalue weighted by Crippen LogP contribution is 2.11. The molecule has 2 unspecified atom stereocenters. The number of amides is 1. The standard InChI is InChI=1S/C23H45NO5S/c1-3-5-7-9-11-12-13-15-17-19-23(26)24-21(20-30(27,28)29)22(25)18-16-14-10-8-6-4-2/h16,18,21-22,25H,3-15,17,19-20H2,1-2H3,(H,24,26)(H,27,28,29)/b18-16+. The first kappa shape index (κ1) is 29.1. The van der Waals surface area contributed by atoms with Crippen molar-refractivity contribution in [3.8, 4) is 0 Å². The van der Waals surface area contributed by atoms with E-state index in [1.54, 1.807) is 0 Å². The van der Waals surface area contributed by atoms with Gasteiger partial charge >= 0.3 is 0 Å². The fourth-order valence-corrected chi connectivity index (χ4v) is 4.12. The van der Waals surface area contributed by atoms with Gasteiger partial charge in [0.05, 0.1) is 17.9 Å². The molecule has 178 valence electrons. The molecule has 0 aliphatic carbocycles. The maximum Gasteiger partial charge on any atom is 0.267 e. The zero-order valence-electron chi connectivity index (χ0n) is 19.2. The van der Waals surface area contributed by atoms with Gasteiger partial charge in [-0.3, -0.25) is 9.35 Å². The van der Waals surface area contributed by atoms with Gasteiger partial charge in [-0.25, -0.2) is 0 Å². The summed E-state index contributed by atoms with van der Waals surface area (Å²) in [6.07, 6.45) is 18.0. The van der Waals surface area contributed by atoms with E-state index in [0.29, 0.717) is 6.42 Å². The van der Waals surface area contributed by atoms with E-state index in [1.165, 1.54) is 44.6 Å². The van der Waals surface area contributed by atoms with Crippen molar-refractivity contribution in [1.29, 1.82) is 0 Å². The van der Waals surface area contributed by atoms with Crippen molar-refractivity contribution < 1.29 is 22.9 Å². The smallest absolute Gasteiger partial charge is 0.267 e. The lowest BCUT2D eigenvalue weighted by atomic mass is 10.1. The fourth-order valence-electron chi connectivity index (χ4n) is 3.39. The lowest BCUT2D eigenvalue weighted by Gasteiger charge is -2.21. The summed E-state index contributed by atoms with van der Waals surface area (Å²) < 4.78 is 31.7. The van der Waals surface area contributed by atoms with Gasteiger partial charge in [-0.15, -0.1) is 0 Å². The Hall–Kier alpha value is -0.920. The highest BCUT2D eigenvalue weighted by Gasteiger charge is 2.24. The molecule has 0 aromatic rings. The summed E-state index contributed by atoms with van der Waals surface area (Å²) in [5.74, 6) is -0.986. The van der Waals surface area contributed by atoms with Gasteiger partial charge in [-0.05, 0) is 19.3 Å². The van der Waals surface area contributed by atoms with E-state index in [2.05, 4.69) is 19.2 Å². The molecule has 0 radical (unpaired) electrons. The van der Waals surface area contributed by atoms with Gasteiger partial charge in [0.15, 0.2) is 0 Å². The third kappa shape index (κ3) is 19.1. The van der Waals surface area contributed by atoms with Crippen LogP contribution in [-0.2, 0) is 14.9 Å². The maximum atomic E-state index is 12.2. The molecular weight excluding hydrogens is 402 g/mol. The number of hydrogen-bond donors (Lipinski definition) is 3. The van der Waals surface area contributed by atoms with E-state index in [4.69, 9.17) is 4.55 Å². The predicted octanol–water partition coefficient (Wildman–Crippen LogP) is 5.17. The first-order valence-electron chi connectivity index (χ1n) is 11.9. The molecule has 1 amide bonds. The van der Waals surface area contributed by atoms with Crippen LogP contribution in [0.1, 0.15) is 110 Å². The number of carbonyl (C=O) groups is 1. The molecular formula is C23H45NO5S. The Morgan fingerprint density at radius 2 is 1.37 bits per heavy atom. The van der Waals surface area contributed by atoms with Crippen molar-refractivity contribution in [3.05, 3.63) is 12.2 Å². The number of hydrogen-bond acceptors (Lipinski definition) is 4. The van der Waals surface area contributed by atoms with Crippen LogP contribution in [0.15, 0.2) is 12.2 Å². The van der Waals surface area contributed by atoms with Crippen molar-refractivity contribution in [3.63, 3.8) is 0 Å². The number of aliphatic hydroxyl groups is 1. The molecule has 2 atom stereocenters. The van der Waals surface area contributed by atoms with Crippen LogP contribution >= 0.6 is 0 Å². The Kier molecular flexibility index (Phi) is 18.2. The van der Waals surface area contributed by atoms with Gasteiger partial charge in [-0.1, -0.05) is 96.6 Å². The van der Waals surface area contributed by atoms with Crippen LogP contribution in [0.4, 0.5) is 0 Å². The van der Waals surface area contributed by atoms with Crippen molar-refractivity contribution in [1.82, 2.24) is 5.32 Å². The fraction of sp³-hybridized carbons (Fsp3) is 0.870. The minimum absolute atomic E-state index is 0.290. The second kappa shape index (κ2) is 18.8. The van der Waals surface area contributed by atoms with Crippen LogP contribution in [0.25, 0.3) is 0 Å². The number of allylic oxidation sites excluding steroid dienone is 1. The van der Waals surface area contributed by atoms with E-state index in [9.17, 15) is 18.3 Å². The molecule has 0 heterocycles. The average molecular weight is 448 g/mol. The van der Waals surface area contributed by atoms with Crippen molar-refractivity contribution in [2.24, 2.45) is 0 Å². The Bertz CT molecular complexity index is 548. The van der Waals surface area contributed by atoms with Crippen molar-refractivity contribution in [2.45, 2.75) is 122 Å². The Labute approximate surface area is 184 Å². The van der Waals surface area contributed by atoms with Gasteiger partial charge in [0.1, 0.15) is 0 Å². The normalized spacial score (nSPS) is 14.1. The molecule has 0 bridgehead atoms. The quantitative estimate of drug-likeness (QED) is 0.136. The summed E-state index contributed by atoms with van der Waals surface area (Å²) in [5.41, 5.74) is 0. The molecule has 7 heteroatoms. The van der Waals surface area contributed by atoms with Crippen LogP contribution < -0.4 is 5.32 Å². The molecule has 0 fully saturated rings. The molecule has 30 heavy (non-hydrogen) atoms. The van der Waals surface area contributed by atoms with Crippen LogP contribution in [0.2, 0.25) is 0 Å². The van der Waals surface area contributed by atoms with Crippen molar-refractivity contribution >= 4 is 16.0 Å². The van der Waals surface area contributed by atoms with Crippen LogP contribution in [0.5, 0.6) is 0 Å². The third-order valence-electron chi connectivity index (χ3n) is 5.21. The maximum absolute atomic E-state index is 12.2. The molecule has 0 aliphatic rings. The Balaban J connectivity index is 4.24. The molecule has 0 saturated carbocycles. The van der Waals surface area contributed by atoms with E-state index >= 15 is 0 Å². The number of rotatable bonds is 20. The number of unbranched alkanes of at least 4 members (excludes halogenated alkanes) is 12. The van der Waals surface area contributed by atoms with Gasteiger partial charge in [0.2, 0.25) is 5.91 Å². The van der Waals surface area contributed by atoms with Gasteiger partial charge < -0.3 is 10.4 Å². The van der Waals surface area contributed by atoms with Crippen LogP contribution in [-0.4, -0.2) is 41.9 Å². The van der Waals surface area contributed by atoms with Crippen molar-refractivity contribution in [2.75, 3.05) is 5.75 Å². The molecule has 6 nitrogen and oxygen atoms in total. The SMILES string of the molecule is CCCCCC/C=C/C(O)C(CS(=O)(=O)O)NC(=O)CCCCCCCCCCC. The Morgan fingerprint density at radius 3 is 1.90 bits per heavy atom. The lowest BCUT2D eigenvalue weighted by Crippen LogP contribution is -2.46. The molecule has 0 saturated heterocycles. The van der Waals surface area contributed by atoms with E-state index in [0.717, 1.165) is 51.4 Å². The Morgan fingerprint density at radius 1 is 0.867 bits per heavy atom. The minimum atomic E-state index is -4.31. The summed E-state index contributed by atoms with van der Waals surface area (Å²) in [7, 11) is -4.31. The van der Waals surface area contributed by atoms with E-state index < -0.39 is 28.0 Å². The molecule has 0 aromatic carbocycles. The van der Waals surface area contributed by atoms with Crippen LogP contribution in [0.3, 0.4) is 0 Å². The second-order valence-corrected chi connectivity index (χ2v) is 9.77. The molecule has 0 aliphatic heterocycles. The highest BCUT2D eigenvalue weighted by molar-refractivity contribution is 7.85. The highest BCUT2D eigenvalue weighted by atomic mass is 32.2. The molecule has 0 rings (SSSR count). The van der Waals surface area contributed by atoms with E-state index in [1.807, 2.05) is 6.08 Å². The second-order valence-electron chi connectivity index (χ2n) is 8.27. The lowest BCUT2D eigenvalue weighted by molar-refractivity contribution is -0.122. The summed E-state index contributed by atoms with van der Waals surface area (Å²) in [5, 5.41) is 12.9. The van der Waals surface area contributed by atoms with Gasteiger partial charge in [-0.2, -0.15) is 8.42 Å². The molecule has 0 spiro atoms. The van der Waals surface area contributed by atoms with Crippen LogP contribution in [0, 0.1) is 0 Å². The number of aliphatic hydroxyl groups excluding tert-OH is 1. The number of nitrogens with one attached hydrogen (secondary N) is 1. The first-order valence-corrected chi connectivity index (χ1v) is 13.5. The molecule has 0 aromatic heterocycles. The zero-order chi connectivity index (χ0) is 22.7. The summed E-state index contributed by atoms with van der Waals surface area (Å²) >= 11 is 0. The summed E-state index contributed by atoms with van der Waals surface area (Å²) in [6, 6.07) is -1.04. The molecule has 3 N–H and O–H groups in total. The van der Waals surface area contributed by atoms with E-state index in [-0.39, 0.29) is 5.91 Å². The summed E-state index contributed by atoms with van der Waals surface area (Å²) in [4.78, 5) is 12.2. The zero-order valence-corrected chi connectivity index (χ0v) is 20.0. The predicted molar refractivity (Wildman–Crippen MR) is 124 cm³/mol. The summed E-state index contributed by atoms with van der Waals surface area (Å²) in [6.45, 7) is 4.34. The van der Waals surface area contributed by atoms with Gasteiger partial charge in [0, 0.05) is 6.42 Å². The minimum Gasteiger partial charge on any atom is -0.387 e. The topological polar surface area (TPSA) is 104 Å².